The van der Waals surface area contributed by atoms with E-state index in [0.717, 1.165) is 25.9 Å². The largest absolute Gasteiger partial charge is 0.416 e. The zero-order chi connectivity index (χ0) is 32.7. The van der Waals surface area contributed by atoms with Gasteiger partial charge in [0.25, 0.3) is 5.91 Å². The Kier molecular flexibility index (Phi) is 6.70. The number of aryl methyl sites for hydroxylation is 1. The molecule has 12 heteroatoms. The highest BCUT2D eigenvalue weighted by Crippen LogP contribution is 2.53. The zero-order valence-electron chi connectivity index (χ0n) is 26.1. The van der Waals surface area contributed by atoms with Gasteiger partial charge >= 0.3 is 6.18 Å². The Morgan fingerprint density at radius 2 is 1.89 bits per heavy atom. The van der Waals surface area contributed by atoms with Crippen LogP contribution in [0.15, 0.2) is 48.8 Å². The molecule has 9 nitrogen and oxygen atoms in total. The molecule has 0 bridgehead atoms. The van der Waals surface area contributed by atoms with Crippen molar-refractivity contribution in [2.75, 3.05) is 23.3 Å². The number of anilines is 2. The molecule has 1 spiro atoms. The predicted octanol–water partition coefficient (Wildman–Crippen LogP) is 6.40. The number of aromatic nitrogens is 4. The smallest absolute Gasteiger partial charge is 0.367 e. The van der Waals surface area contributed by atoms with Crippen molar-refractivity contribution in [3.05, 3.63) is 76.6 Å². The van der Waals surface area contributed by atoms with Gasteiger partial charge < -0.3 is 9.88 Å². The number of hydrogen-bond donors (Lipinski definition) is 1. The quantitative estimate of drug-likeness (QED) is 0.250. The molecule has 2 saturated carbocycles. The second kappa shape index (κ2) is 10.6. The van der Waals surface area contributed by atoms with Gasteiger partial charge in [0.05, 0.1) is 23.7 Å². The standard InChI is InChI=1S/C35H33F3N8O/c1-20-9-29(20)41-30-13-23(25-10-21(15-39)3-4-24(25)32-43-40-19-44(32)2)14-31(42-30)46-17-27-26(33(46)47)11-22(12-28(27)35(36,37)38)16-45-8-7-34(18-45)5-6-34/h3-4,10-14,19-20,29H,5-9,16-18H2,1-2H3,(H,41,42)/t20-,29-/m1/s1. The van der Waals surface area contributed by atoms with Gasteiger partial charge in [-0.1, -0.05) is 6.92 Å². The molecule has 4 heterocycles. The number of likely N-dealkylation sites (tertiary alicyclic amines) is 1. The van der Waals surface area contributed by atoms with E-state index >= 15 is 0 Å². The lowest BCUT2D eigenvalue weighted by atomic mass is 9.97. The number of alkyl halides is 3. The fourth-order valence-electron chi connectivity index (χ4n) is 7.17. The highest BCUT2D eigenvalue weighted by molar-refractivity contribution is 6.10. The number of carbonyl (C=O) groups is 1. The lowest BCUT2D eigenvalue weighted by Crippen LogP contribution is -2.25. The Balaban J connectivity index is 1.20. The van der Waals surface area contributed by atoms with E-state index < -0.39 is 17.6 Å². The molecule has 2 aliphatic carbocycles. The Bertz CT molecular complexity index is 1970. The van der Waals surface area contributed by atoms with E-state index in [1.165, 1.54) is 23.8 Å². The first kappa shape index (κ1) is 29.6. The number of rotatable bonds is 7. The Labute approximate surface area is 270 Å². The molecule has 2 aromatic heterocycles. The second-order valence-electron chi connectivity index (χ2n) is 13.7. The maximum absolute atomic E-state index is 14.5. The Morgan fingerprint density at radius 1 is 1.09 bits per heavy atom. The second-order valence-corrected chi connectivity index (χ2v) is 13.7. The SMILES string of the molecule is C[C@@H]1C[C@H]1Nc1cc(-c2cc(C#N)ccc2-c2nncn2C)cc(N2Cc3c(cc(CN4CCC5(CC5)C4)cc3C(F)(F)F)C2=O)n1. The first-order chi connectivity index (χ1) is 22.5. The van der Waals surface area contributed by atoms with Gasteiger partial charge in [-0.2, -0.15) is 18.4 Å². The molecule has 1 N–H and O–H groups in total. The molecule has 4 aliphatic rings. The molecule has 0 radical (unpaired) electrons. The van der Waals surface area contributed by atoms with Crippen molar-refractivity contribution in [2.45, 2.75) is 57.9 Å². The van der Waals surface area contributed by atoms with E-state index in [0.29, 0.717) is 57.3 Å². The first-order valence-electron chi connectivity index (χ1n) is 15.9. The normalized spacial score (nSPS) is 21.3. The number of nitrogens with one attached hydrogen (secondary N) is 1. The summed E-state index contributed by atoms with van der Waals surface area (Å²) < 4.78 is 45.4. The van der Waals surface area contributed by atoms with E-state index in [2.05, 4.69) is 33.4 Å². The summed E-state index contributed by atoms with van der Waals surface area (Å²) >= 11 is 0. The van der Waals surface area contributed by atoms with Gasteiger partial charge in [0.15, 0.2) is 5.82 Å². The third-order valence-corrected chi connectivity index (χ3v) is 10.2. The summed E-state index contributed by atoms with van der Waals surface area (Å²) in [6.45, 7) is 4.00. The van der Waals surface area contributed by atoms with Crippen molar-refractivity contribution in [1.29, 1.82) is 5.26 Å². The monoisotopic (exact) mass is 638 g/mol. The van der Waals surface area contributed by atoms with Gasteiger partial charge in [-0.25, -0.2) is 4.98 Å². The average Bonchev–Trinajstić information content (AvgIpc) is 3.78. The van der Waals surface area contributed by atoms with Crippen LogP contribution in [0, 0.1) is 22.7 Å². The Morgan fingerprint density at radius 3 is 2.55 bits per heavy atom. The van der Waals surface area contributed by atoms with Gasteiger partial charge in [-0.3, -0.25) is 14.6 Å². The van der Waals surface area contributed by atoms with Crippen LogP contribution in [-0.4, -0.2) is 49.7 Å². The van der Waals surface area contributed by atoms with Crippen molar-refractivity contribution < 1.29 is 18.0 Å². The molecule has 8 rings (SSSR count). The number of amides is 1. The minimum Gasteiger partial charge on any atom is -0.367 e. The summed E-state index contributed by atoms with van der Waals surface area (Å²) in [5.41, 5.74) is 2.55. The number of hydrogen-bond acceptors (Lipinski definition) is 7. The van der Waals surface area contributed by atoms with Gasteiger partial charge in [0.2, 0.25) is 0 Å². The maximum Gasteiger partial charge on any atom is 0.416 e. The summed E-state index contributed by atoms with van der Waals surface area (Å²) in [7, 11) is 1.82. The van der Waals surface area contributed by atoms with Crippen LogP contribution in [0.1, 0.15) is 65.2 Å². The molecule has 240 valence electrons. The lowest BCUT2D eigenvalue weighted by Gasteiger charge is -2.19. The number of fused-ring (bicyclic) bond motifs is 1. The lowest BCUT2D eigenvalue weighted by molar-refractivity contribution is -0.138. The zero-order valence-corrected chi connectivity index (χ0v) is 26.1. The number of nitriles is 1. The molecule has 4 aromatic rings. The number of pyridine rings is 1. The molecule has 1 saturated heterocycles. The molecule has 2 aliphatic heterocycles. The van der Waals surface area contributed by atoms with E-state index in [-0.39, 0.29) is 29.5 Å². The number of halogens is 3. The molecule has 2 aromatic carbocycles. The molecular formula is C35H33F3N8O. The molecule has 3 fully saturated rings. The summed E-state index contributed by atoms with van der Waals surface area (Å²) in [6, 6.07) is 14.0. The first-order valence-corrected chi connectivity index (χ1v) is 15.9. The highest BCUT2D eigenvalue weighted by Gasteiger charge is 2.48. The molecule has 2 atom stereocenters. The third kappa shape index (κ3) is 5.42. The average molecular weight is 639 g/mol. The van der Waals surface area contributed by atoms with Crippen molar-refractivity contribution in [3.8, 4) is 28.6 Å². The fraction of sp³-hybridized carbons (Fsp3) is 0.400. The number of benzene rings is 2. The molecule has 47 heavy (non-hydrogen) atoms. The van der Waals surface area contributed by atoms with Crippen LogP contribution < -0.4 is 10.2 Å². The summed E-state index contributed by atoms with van der Waals surface area (Å²) in [6.07, 6.45) is 1.35. The summed E-state index contributed by atoms with van der Waals surface area (Å²) in [5.74, 6) is 1.24. The van der Waals surface area contributed by atoms with Crippen molar-refractivity contribution in [2.24, 2.45) is 18.4 Å². The van der Waals surface area contributed by atoms with Gasteiger partial charge in [-0.05, 0) is 108 Å². The van der Waals surface area contributed by atoms with Crippen molar-refractivity contribution in [3.63, 3.8) is 0 Å². The van der Waals surface area contributed by atoms with Crippen LogP contribution in [0.4, 0.5) is 24.8 Å². The minimum absolute atomic E-state index is 0.0323. The van der Waals surface area contributed by atoms with Gasteiger partial charge in [0.1, 0.15) is 18.0 Å². The summed E-state index contributed by atoms with van der Waals surface area (Å²) in [4.78, 5) is 22.4. The van der Waals surface area contributed by atoms with Crippen LogP contribution in [-0.2, 0) is 26.3 Å². The van der Waals surface area contributed by atoms with E-state index in [9.17, 15) is 23.2 Å². The molecule has 0 unspecified atom stereocenters. The number of carbonyl (C=O) groups excluding carboxylic acids is 1. The van der Waals surface area contributed by atoms with E-state index in [1.807, 2.05) is 13.1 Å². The number of nitrogens with zero attached hydrogens (tertiary/aromatic N) is 7. The van der Waals surface area contributed by atoms with Crippen molar-refractivity contribution >= 4 is 17.5 Å². The van der Waals surface area contributed by atoms with Crippen LogP contribution >= 0.6 is 0 Å². The van der Waals surface area contributed by atoms with Crippen LogP contribution in [0.25, 0.3) is 22.5 Å². The van der Waals surface area contributed by atoms with E-state index in [4.69, 9.17) is 4.98 Å². The Hall–Kier alpha value is -4.76. The fourth-order valence-corrected chi connectivity index (χ4v) is 7.17. The van der Waals surface area contributed by atoms with Crippen LogP contribution in [0.2, 0.25) is 0 Å². The third-order valence-electron chi connectivity index (χ3n) is 10.2. The molecule has 1 amide bonds. The summed E-state index contributed by atoms with van der Waals surface area (Å²) in [5, 5.41) is 21.5. The minimum atomic E-state index is -4.62. The molecular weight excluding hydrogens is 605 g/mol. The maximum atomic E-state index is 14.5. The van der Waals surface area contributed by atoms with E-state index in [1.54, 1.807) is 41.2 Å². The highest BCUT2D eigenvalue weighted by atomic mass is 19.4. The van der Waals surface area contributed by atoms with Gasteiger partial charge in [-0.15, -0.1) is 10.2 Å². The van der Waals surface area contributed by atoms with Crippen molar-refractivity contribution in [1.82, 2.24) is 24.6 Å². The van der Waals surface area contributed by atoms with Crippen LogP contribution in [0.3, 0.4) is 0 Å². The topological polar surface area (TPSA) is 103 Å². The predicted molar refractivity (Wildman–Crippen MR) is 169 cm³/mol. The van der Waals surface area contributed by atoms with Gasteiger partial charge in [0, 0.05) is 37.3 Å². The van der Waals surface area contributed by atoms with Crippen LogP contribution in [0.5, 0.6) is 0 Å².